The van der Waals surface area contributed by atoms with Crippen molar-refractivity contribution in [3.8, 4) is 17.0 Å². The van der Waals surface area contributed by atoms with Crippen LogP contribution in [-0.2, 0) is 22.2 Å². The predicted molar refractivity (Wildman–Crippen MR) is 101 cm³/mol. The second-order valence-corrected chi connectivity index (χ2v) is 9.57. The van der Waals surface area contributed by atoms with Gasteiger partial charge in [0.25, 0.3) is 5.92 Å². The molecule has 1 aliphatic heterocycles. The van der Waals surface area contributed by atoms with Gasteiger partial charge in [-0.25, -0.2) is 18.4 Å². The summed E-state index contributed by atoms with van der Waals surface area (Å²) in [7, 11) is -2.45. The summed E-state index contributed by atoms with van der Waals surface area (Å²) < 4.78 is 98.0. The first-order valence-electron chi connectivity index (χ1n) is 9.34. The molecule has 2 heterocycles. The Hall–Kier alpha value is -2.50. The molecule has 0 radical (unpaired) electrons. The molecule has 2 aliphatic rings. The number of anilines is 1. The molecule has 2 aromatic rings. The number of ether oxygens (including phenoxy) is 1. The van der Waals surface area contributed by atoms with Gasteiger partial charge in [0, 0.05) is 30.3 Å². The second kappa shape index (κ2) is 7.01. The van der Waals surface area contributed by atoms with E-state index in [1.54, 1.807) is 0 Å². The van der Waals surface area contributed by atoms with Gasteiger partial charge >= 0.3 is 6.18 Å². The van der Waals surface area contributed by atoms with Gasteiger partial charge in [-0.15, -0.1) is 0 Å². The summed E-state index contributed by atoms with van der Waals surface area (Å²) in [6.07, 6.45) is -4.40. The molecule has 0 spiro atoms. The van der Waals surface area contributed by atoms with Gasteiger partial charge in [-0.3, -0.25) is 0 Å². The van der Waals surface area contributed by atoms with E-state index in [2.05, 4.69) is 9.97 Å². The minimum Gasteiger partial charge on any atom is -0.495 e. The SMILES string of the molecule is COc1ccc(-c2nc(N3CC[C@@H]3C(F)(F)F)nc3c2CCC3(F)F)cc1S(C)(=O)=O. The van der Waals surface area contributed by atoms with Crippen LogP contribution >= 0.6 is 0 Å². The Morgan fingerprint density at radius 3 is 2.48 bits per heavy atom. The summed E-state index contributed by atoms with van der Waals surface area (Å²) in [6, 6.07) is 2.17. The van der Waals surface area contributed by atoms with Crippen LogP contribution in [0.4, 0.5) is 27.9 Å². The lowest BCUT2D eigenvalue weighted by molar-refractivity contribution is -0.160. The zero-order valence-corrected chi connectivity index (χ0v) is 17.3. The fraction of sp³-hybridized carbons (Fsp3) is 0.474. The lowest BCUT2D eigenvalue weighted by Gasteiger charge is -2.42. The maximum atomic E-state index is 14.5. The molecule has 0 saturated carbocycles. The van der Waals surface area contributed by atoms with Crippen LogP contribution in [0.1, 0.15) is 24.1 Å². The highest BCUT2D eigenvalue weighted by molar-refractivity contribution is 7.90. The number of nitrogens with zero attached hydrogens (tertiary/aromatic N) is 3. The number of fused-ring (bicyclic) bond motifs is 1. The van der Waals surface area contributed by atoms with Crippen LogP contribution in [0, 0.1) is 0 Å². The van der Waals surface area contributed by atoms with E-state index in [0.29, 0.717) is 0 Å². The third-order valence-corrected chi connectivity index (χ3v) is 6.64. The number of benzene rings is 1. The predicted octanol–water partition coefficient (Wildman–Crippen LogP) is 3.73. The zero-order valence-electron chi connectivity index (χ0n) is 16.5. The van der Waals surface area contributed by atoms with Gasteiger partial charge < -0.3 is 9.64 Å². The molecule has 168 valence electrons. The van der Waals surface area contributed by atoms with Crippen LogP contribution in [0.3, 0.4) is 0 Å². The van der Waals surface area contributed by atoms with E-state index >= 15 is 0 Å². The molecular weight excluding hydrogens is 445 g/mol. The fourth-order valence-corrected chi connectivity index (χ4v) is 4.72. The first-order valence-corrected chi connectivity index (χ1v) is 11.2. The fourth-order valence-electron chi connectivity index (χ4n) is 3.86. The third-order valence-electron chi connectivity index (χ3n) is 5.52. The minimum absolute atomic E-state index is 0.00227. The molecule has 0 amide bonds. The lowest BCUT2D eigenvalue weighted by atomic mass is 10.0. The summed E-state index contributed by atoms with van der Waals surface area (Å²) in [5, 5.41) is 0. The Bertz CT molecular complexity index is 1150. The number of methoxy groups -OCH3 is 1. The van der Waals surface area contributed by atoms with E-state index in [4.69, 9.17) is 4.74 Å². The van der Waals surface area contributed by atoms with Crippen LogP contribution in [-0.4, -0.2) is 50.5 Å². The van der Waals surface area contributed by atoms with Crippen LogP contribution in [0.15, 0.2) is 23.1 Å². The van der Waals surface area contributed by atoms with Crippen molar-refractivity contribution in [3.63, 3.8) is 0 Å². The Morgan fingerprint density at radius 2 is 1.94 bits per heavy atom. The molecule has 1 aliphatic carbocycles. The molecule has 0 unspecified atom stereocenters. The Balaban J connectivity index is 1.91. The number of aromatic nitrogens is 2. The van der Waals surface area contributed by atoms with Gasteiger partial charge in [0.1, 0.15) is 22.4 Å². The molecule has 12 heteroatoms. The largest absolute Gasteiger partial charge is 0.495 e. The van der Waals surface area contributed by atoms with Crippen molar-refractivity contribution in [2.75, 3.05) is 24.8 Å². The smallest absolute Gasteiger partial charge is 0.408 e. The standard InChI is InChI=1S/C19H18F5N3O3S/c1-30-12-4-3-10(9-13(12)31(2,28)29)15-11-5-7-18(20,21)16(11)26-17(25-15)27-8-6-14(27)19(22,23)24/h3-4,9,14H,5-8H2,1-2H3/t14-/m1/s1. The molecule has 1 aromatic carbocycles. The van der Waals surface area contributed by atoms with Crippen LogP contribution in [0.5, 0.6) is 5.75 Å². The number of hydrogen-bond donors (Lipinski definition) is 0. The number of halogens is 5. The summed E-state index contributed by atoms with van der Waals surface area (Å²) in [4.78, 5) is 8.66. The van der Waals surface area contributed by atoms with Crippen molar-refractivity contribution in [2.45, 2.75) is 42.3 Å². The van der Waals surface area contributed by atoms with E-state index in [9.17, 15) is 30.4 Å². The highest BCUT2D eigenvalue weighted by atomic mass is 32.2. The van der Waals surface area contributed by atoms with Gasteiger partial charge in [0.2, 0.25) is 5.95 Å². The van der Waals surface area contributed by atoms with Crippen LogP contribution < -0.4 is 9.64 Å². The summed E-state index contributed by atoms with van der Waals surface area (Å²) in [5.74, 6) is -3.70. The first kappa shape index (κ1) is 21.7. The maximum Gasteiger partial charge on any atom is 0.408 e. The minimum atomic E-state index is -4.55. The highest BCUT2D eigenvalue weighted by Gasteiger charge is 2.51. The molecule has 1 atom stereocenters. The van der Waals surface area contributed by atoms with Crippen LogP contribution in [0.25, 0.3) is 11.3 Å². The monoisotopic (exact) mass is 463 g/mol. The van der Waals surface area contributed by atoms with Crippen molar-refractivity contribution in [1.82, 2.24) is 9.97 Å². The Labute approximate surface area is 175 Å². The van der Waals surface area contributed by atoms with Gasteiger partial charge in [-0.05, 0) is 31.0 Å². The van der Waals surface area contributed by atoms with Gasteiger partial charge in [0.05, 0.1) is 12.8 Å². The lowest BCUT2D eigenvalue weighted by Crippen LogP contribution is -2.56. The zero-order chi connectivity index (χ0) is 22.8. The number of rotatable bonds is 4. The van der Waals surface area contributed by atoms with Crippen molar-refractivity contribution < 1.29 is 35.1 Å². The van der Waals surface area contributed by atoms with Gasteiger partial charge in [0.15, 0.2) is 9.84 Å². The van der Waals surface area contributed by atoms with Crippen molar-refractivity contribution in [2.24, 2.45) is 0 Å². The molecule has 1 saturated heterocycles. The molecule has 6 nitrogen and oxygen atoms in total. The highest BCUT2D eigenvalue weighted by Crippen LogP contribution is 2.46. The number of alkyl halides is 5. The van der Waals surface area contributed by atoms with Gasteiger partial charge in [-0.2, -0.15) is 22.0 Å². The van der Waals surface area contributed by atoms with Crippen molar-refractivity contribution >= 4 is 15.8 Å². The normalized spacial score (nSPS) is 20.4. The van der Waals surface area contributed by atoms with E-state index in [1.807, 2.05) is 0 Å². The van der Waals surface area contributed by atoms with Crippen molar-refractivity contribution in [1.29, 1.82) is 0 Å². The van der Waals surface area contributed by atoms with Crippen molar-refractivity contribution in [3.05, 3.63) is 29.5 Å². The molecule has 0 bridgehead atoms. The summed E-state index contributed by atoms with van der Waals surface area (Å²) in [6.45, 7) is -0.0226. The quantitative estimate of drug-likeness (QED) is 0.644. The second-order valence-electron chi connectivity index (χ2n) is 7.58. The topological polar surface area (TPSA) is 72.4 Å². The molecule has 1 fully saturated rings. The molecule has 31 heavy (non-hydrogen) atoms. The Kier molecular flexibility index (Phi) is 4.91. The van der Waals surface area contributed by atoms with E-state index in [0.717, 1.165) is 11.2 Å². The van der Waals surface area contributed by atoms with Crippen LogP contribution in [0.2, 0.25) is 0 Å². The number of hydrogen-bond acceptors (Lipinski definition) is 6. The third kappa shape index (κ3) is 3.70. The van der Waals surface area contributed by atoms with Gasteiger partial charge in [-0.1, -0.05) is 0 Å². The molecule has 1 aromatic heterocycles. The number of sulfone groups is 1. The first-order chi connectivity index (χ1) is 14.3. The Morgan fingerprint density at radius 1 is 1.23 bits per heavy atom. The summed E-state index contributed by atoms with van der Waals surface area (Å²) in [5.41, 5.74) is -0.333. The van der Waals surface area contributed by atoms with E-state index < -0.39 is 46.0 Å². The molecular formula is C19H18F5N3O3S. The summed E-state index contributed by atoms with van der Waals surface area (Å²) >= 11 is 0. The maximum absolute atomic E-state index is 14.5. The van der Waals surface area contributed by atoms with E-state index in [-0.39, 0.29) is 46.9 Å². The molecule has 4 rings (SSSR count). The average Bonchev–Trinajstić information content (AvgIpc) is 2.92. The molecule has 0 N–H and O–H groups in total. The van der Waals surface area contributed by atoms with E-state index in [1.165, 1.54) is 25.3 Å². The average molecular weight is 463 g/mol.